The minimum atomic E-state index is 0.386. The van der Waals surface area contributed by atoms with Gasteiger partial charge in [0.1, 0.15) is 6.07 Å². The highest BCUT2D eigenvalue weighted by molar-refractivity contribution is 5.52. The van der Waals surface area contributed by atoms with E-state index < -0.39 is 0 Å². The fourth-order valence-electron chi connectivity index (χ4n) is 3.50. The lowest BCUT2D eigenvalue weighted by Crippen LogP contribution is -2.20. The molecule has 2 heterocycles. The van der Waals surface area contributed by atoms with Gasteiger partial charge in [-0.15, -0.1) is 15.0 Å². The quantitative estimate of drug-likeness (QED) is 0.727. The molecule has 4 rings (SSSR count). The van der Waals surface area contributed by atoms with Crippen LogP contribution in [-0.2, 0) is 0 Å². The molecule has 26 heavy (non-hydrogen) atoms. The molecule has 0 spiro atoms. The van der Waals surface area contributed by atoms with Crippen molar-refractivity contribution in [3.8, 4) is 11.8 Å². The summed E-state index contributed by atoms with van der Waals surface area (Å²) in [5.74, 6) is 1.15. The molecule has 1 saturated heterocycles. The number of aromatic nitrogens is 3. The fourth-order valence-corrected chi connectivity index (χ4v) is 3.50. The van der Waals surface area contributed by atoms with Crippen LogP contribution < -0.4 is 4.90 Å². The van der Waals surface area contributed by atoms with Crippen molar-refractivity contribution in [3.63, 3.8) is 0 Å². The van der Waals surface area contributed by atoms with E-state index in [0.29, 0.717) is 17.4 Å². The second-order valence-corrected chi connectivity index (χ2v) is 6.88. The van der Waals surface area contributed by atoms with Crippen LogP contribution in [0.4, 0.5) is 5.82 Å². The predicted molar refractivity (Wildman–Crippen MR) is 102 cm³/mol. The largest absolute Gasteiger partial charge is 0.352 e. The average Bonchev–Trinajstić information content (AvgIpc) is 3.31. The minimum absolute atomic E-state index is 0.386. The van der Waals surface area contributed by atoms with E-state index in [1.165, 1.54) is 16.7 Å². The molecule has 3 aromatic rings. The van der Waals surface area contributed by atoms with Crippen LogP contribution in [-0.4, -0.2) is 28.1 Å². The summed E-state index contributed by atoms with van der Waals surface area (Å²) < 4.78 is 0. The fraction of sp³-hybridized carbons (Fsp3) is 0.286. The third-order valence-corrected chi connectivity index (χ3v) is 5.18. The Labute approximate surface area is 153 Å². The molecule has 5 nitrogen and oxygen atoms in total. The van der Waals surface area contributed by atoms with Crippen molar-refractivity contribution in [2.24, 2.45) is 0 Å². The van der Waals surface area contributed by atoms with E-state index in [-0.39, 0.29) is 0 Å². The number of nitrogens with zero attached hydrogens (tertiary/aromatic N) is 5. The van der Waals surface area contributed by atoms with Gasteiger partial charge in [0, 0.05) is 19.0 Å². The summed E-state index contributed by atoms with van der Waals surface area (Å²) in [4.78, 5) is 3.76. The van der Waals surface area contributed by atoms with Crippen molar-refractivity contribution in [2.45, 2.75) is 26.2 Å². The number of aryl methyl sites for hydroxylation is 2. The molecule has 2 aromatic carbocycles. The first-order valence-corrected chi connectivity index (χ1v) is 8.90. The van der Waals surface area contributed by atoms with Crippen molar-refractivity contribution in [2.75, 3.05) is 18.0 Å². The van der Waals surface area contributed by atoms with E-state index in [1.54, 1.807) is 4.80 Å². The monoisotopic (exact) mass is 343 g/mol. The highest BCUT2D eigenvalue weighted by Gasteiger charge is 2.28. The molecule has 130 valence electrons. The Morgan fingerprint density at radius 3 is 2.58 bits per heavy atom. The normalized spacial score (nSPS) is 16.7. The Morgan fingerprint density at radius 1 is 1.04 bits per heavy atom. The zero-order valence-electron chi connectivity index (χ0n) is 15.1. The van der Waals surface area contributed by atoms with E-state index in [4.69, 9.17) is 0 Å². The molecular formula is C21H21N5. The first-order valence-electron chi connectivity index (χ1n) is 8.90. The van der Waals surface area contributed by atoms with Crippen molar-refractivity contribution in [1.82, 2.24) is 15.0 Å². The number of nitriles is 1. The van der Waals surface area contributed by atoms with Gasteiger partial charge in [0.25, 0.3) is 0 Å². The smallest absolute Gasteiger partial charge is 0.207 e. The Balaban J connectivity index is 1.62. The van der Waals surface area contributed by atoms with Crippen LogP contribution >= 0.6 is 0 Å². The summed E-state index contributed by atoms with van der Waals surface area (Å²) in [5.41, 5.74) is 5.03. The molecule has 0 radical (unpaired) electrons. The van der Waals surface area contributed by atoms with Crippen molar-refractivity contribution < 1.29 is 0 Å². The van der Waals surface area contributed by atoms with Crippen molar-refractivity contribution in [1.29, 1.82) is 5.26 Å². The SMILES string of the molecule is Cc1ccc(-n2nc(C#N)c(N3CC[C@H](c4ccccc4)C3)n2)cc1C. The summed E-state index contributed by atoms with van der Waals surface area (Å²) in [6.45, 7) is 5.90. The molecular weight excluding hydrogens is 322 g/mol. The third-order valence-electron chi connectivity index (χ3n) is 5.18. The molecule has 1 aliphatic heterocycles. The lowest BCUT2D eigenvalue weighted by molar-refractivity contribution is 0.740. The molecule has 0 unspecified atom stereocenters. The van der Waals surface area contributed by atoms with Gasteiger partial charge in [-0.2, -0.15) is 5.26 Å². The van der Waals surface area contributed by atoms with Crippen molar-refractivity contribution >= 4 is 5.82 Å². The average molecular weight is 343 g/mol. The van der Waals surface area contributed by atoms with Gasteiger partial charge in [0.05, 0.1) is 5.69 Å². The van der Waals surface area contributed by atoms with Crippen LogP contribution in [0.15, 0.2) is 48.5 Å². The summed E-state index contributed by atoms with van der Waals surface area (Å²) in [6.07, 6.45) is 1.06. The van der Waals surface area contributed by atoms with Gasteiger partial charge in [-0.1, -0.05) is 36.4 Å². The number of benzene rings is 2. The summed E-state index contributed by atoms with van der Waals surface area (Å²) in [6, 6.07) is 18.8. The second kappa shape index (κ2) is 6.64. The van der Waals surface area contributed by atoms with E-state index in [2.05, 4.69) is 71.4 Å². The van der Waals surface area contributed by atoms with Crippen molar-refractivity contribution in [3.05, 3.63) is 70.9 Å². The number of rotatable bonds is 3. The van der Waals surface area contributed by atoms with Crippen LogP contribution in [0.3, 0.4) is 0 Å². The van der Waals surface area contributed by atoms with Gasteiger partial charge in [0.15, 0.2) is 5.82 Å². The zero-order valence-corrected chi connectivity index (χ0v) is 15.1. The lowest BCUT2D eigenvalue weighted by Gasteiger charge is -2.15. The maximum atomic E-state index is 9.53. The third kappa shape index (κ3) is 2.95. The molecule has 5 heteroatoms. The molecule has 0 aliphatic carbocycles. The first kappa shape index (κ1) is 16.3. The van der Waals surface area contributed by atoms with Gasteiger partial charge < -0.3 is 4.90 Å². The van der Waals surface area contributed by atoms with Gasteiger partial charge in [-0.05, 0) is 49.1 Å². The van der Waals surface area contributed by atoms with Crippen LogP contribution in [0.2, 0.25) is 0 Å². The standard InChI is InChI=1S/C21H21N5/c1-15-8-9-19(12-16(15)2)26-23-20(13-22)21(24-26)25-11-10-18(14-25)17-6-4-3-5-7-17/h3-9,12,18H,10-11,14H2,1-2H3/t18-/m0/s1. The predicted octanol–water partition coefficient (Wildman–Crippen LogP) is 3.75. The van der Waals surface area contributed by atoms with E-state index in [0.717, 1.165) is 25.2 Å². The van der Waals surface area contributed by atoms with Crippen LogP contribution in [0.5, 0.6) is 0 Å². The van der Waals surface area contributed by atoms with Gasteiger partial charge in [0.2, 0.25) is 5.69 Å². The van der Waals surface area contributed by atoms with E-state index in [1.807, 2.05) is 12.1 Å². The maximum absolute atomic E-state index is 9.53. The topological polar surface area (TPSA) is 57.7 Å². The Morgan fingerprint density at radius 2 is 1.85 bits per heavy atom. The molecule has 0 saturated carbocycles. The highest BCUT2D eigenvalue weighted by atomic mass is 15.5. The Hall–Kier alpha value is -3.13. The van der Waals surface area contributed by atoms with Gasteiger partial charge in [-0.25, -0.2) is 0 Å². The first-order chi connectivity index (χ1) is 12.7. The lowest BCUT2D eigenvalue weighted by atomic mass is 9.99. The van der Waals surface area contributed by atoms with E-state index >= 15 is 0 Å². The molecule has 0 N–H and O–H groups in total. The number of anilines is 1. The molecule has 0 bridgehead atoms. The van der Waals surface area contributed by atoms with Crippen LogP contribution in [0.1, 0.15) is 34.7 Å². The van der Waals surface area contributed by atoms with Gasteiger partial charge >= 0.3 is 0 Å². The summed E-state index contributed by atoms with van der Waals surface area (Å²) >= 11 is 0. The zero-order chi connectivity index (χ0) is 18.1. The summed E-state index contributed by atoms with van der Waals surface area (Å²) in [7, 11) is 0. The Bertz CT molecular complexity index is 968. The highest BCUT2D eigenvalue weighted by Crippen LogP contribution is 2.31. The molecule has 1 atom stereocenters. The van der Waals surface area contributed by atoms with Gasteiger partial charge in [-0.3, -0.25) is 0 Å². The molecule has 1 aliphatic rings. The molecule has 1 aromatic heterocycles. The molecule has 1 fully saturated rings. The summed E-state index contributed by atoms with van der Waals surface area (Å²) in [5, 5.41) is 18.6. The minimum Gasteiger partial charge on any atom is -0.352 e. The second-order valence-electron chi connectivity index (χ2n) is 6.88. The maximum Gasteiger partial charge on any atom is 0.207 e. The Kier molecular flexibility index (Phi) is 4.18. The van der Waals surface area contributed by atoms with Crippen LogP contribution in [0, 0.1) is 25.2 Å². The number of hydrogen-bond donors (Lipinski definition) is 0. The van der Waals surface area contributed by atoms with Crippen LogP contribution in [0.25, 0.3) is 5.69 Å². The van der Waals surface area contributed by atoms with E-state index in [9.17, 15) is 5.26 Å². The molecule has 0 amide bonds. The number of hydrogen-bond acceptors (Lipinski definition) is 4.